The Labute approximate surface area is 134 Å². The molecule has 0 bridgehead atoms. The number of amidine groups is 1. The molecule has 112 valence electrons. The summed E-state index contributed by atoms with van der Waals surface area (Å²) in [5.74, 6) is 0.790. The van der Waals surface area contributed by atoms with Gasteiger partial charge in [-0.15, -0.1) is 0 Å². The molecule has 0 radical (unpaired) electrons. The zero-order chi connectivity index (χ0) is 15.8. The Kier molecular flexibility index (Phi) is 5.87. The Morgan fingerprint density at radius 1 is 1.18 bits per heavy atom. The molecule has 2 rings (SSSR count). The van der Waals surface area contributed by atoms with Gasteiger partial charge in [0.1, 0.15) is 12.4 Å². The van der Waals surface area contributed by atoms with E-state index in [2.05, 4.69) is 41.5 Å². The van der Waals surface area contributed by atoms with Crippen LogP contribution >= 0.6 is 11.8 Å². The van der Waals surface area contributed by atoms with E-state index in [9.17, 15) is 0 Å². The van der Waals surface area contributed by atoms with Crippen LogP contribution in [0.3, 0.4) is 0 Å². The highest BCUT2D eigenvalue weighted by atomic mass is 32.2. The summed E-state index contributed by atoms with van der Waals surface area (Å²) in [6.45, 7) is 2.60. The van der Waals surface area contributed by atoms with Crippen LogP contribution in [0.2, 0.25) is 0 Å². The van der Waals surface area contributed by atoms with E-state index < -0.39 is 0 Å². The first-order chi connectivity index (χ1) is 10.7. The summed E-state index contributed by atoms with van der Waals surface area (Å²) >= 11 is 1.39. The predicted octanol–water partition coefficient (Wildman–Crippen LogP) is 4.00. The number of hydrogen-bond donors (Lipinski definition) is 1. The van der Waals surface area contributed by atoms with E-state index in [1.165, 1.54) is 17.3 Å². The van der Waals surface area contributed by atoms with Gasteiger partial charge in [0, 0.05) is 0 Å². The molecule has 1 N–H and O–H groups in total. The number of thioether (sulfide) groups is 1. The molecule has 2 aromatic rings. The van der Waals surface area contributed by atoms with Gasteiger partial charge in [0.05, 0.1) is 5.69 Å². The van der Waals surface area contributed by atoms with Gasteiger partial charge >= 0.3 is 0 Å². The van der Waals surface area contributed by atoms with E-state index in [0.29, 0.717) is 11.8 Å². The first kappa shape index (κ1) is 15.9. The van der Waals surface area contributed by atoms with Gasteiger partial charge in [-0.1, -0.05) is 41.6 Å². The van der Waals surface area contributed by atoms with Crippen molar-refractivity contribution in [2.75, 3.05) is 6.26 Å². The number of hydrogen-bond acceptors (Lipinski definition) is 4. The van der Waals surface area contributed by atoms with Crippen LogP contribution in [0, 0.1) is 18.4 Å². The van der Waals surface area contributed by atoms with Crippen molar-refractivity contribution >= 4 is 22.6 Å². The lowest BCUT2D eigenvalue weighted by molar-refractivity contribution is 0.306. The minimum absolute atomic E-state index is 0.537. The largest absolute Gasteiger partial charge is 0.489 e. The molecule has 0 heterocycles. The number of nitriles is 1. The lowest BCUT2D eigenvalue weighted by atomic mass is 10.2. The summed E-state index contributed by atoms with van der Waals surface area (Å²) in [5.41, 5.74) is 3.15. The lowest BCUT2D eigenvalue weighted by Gasteiger charge is -2.07. The standard InChI is InChI=1S/C17H17N3OS/c1-13-3-5-14(6-4-13)11-21-16-9-7-15(8-10-16)20-17(22-2)19-12-18/h3-10H,11H2,1-2H3,(H,19,20). The molecule has 2 aromatic carbocycles. The van der Waals surface area contributed by atoms with E-state index in [-0.39, 0.29) is 0 Å². The normalized spacial score (nSPS) is 10.9. The van der Waals surface area contributed by atoms with Crippen molar-refractivity contribution in [1.82, 2.24) is 5.32 Å². The minimum Gasteiger partial charge on any atom is -0.489 e. The number of benzene rings is 2. The fourth-order valence-corrected chi connectivity index (χ4v) is 2.10. The fraction of sp³-hybridized carbons (Fsp3) is 0.176. The van der Waals surface area contributed by atoms with Gasteiger partial charge in [0.25, 0.3) is 0 Å². The topological polar surface area (TPSA) is 57.4 Å². The third-order valence-electron chi connectivity index (χ3n) is 2.95. The molecule has 0 atom stereocenters. The van der Waals surface area contributed by atoms with Gasteiger partial charge in [-0.05, 0) is 43.0 Å². The van der Waals surface area contributed by atoms with E-state index in [1.54, 1.807) is 0 Å². The zero-order valence-electron chi connectivity index (χ0n) is 12.5. The molecule has 4 nitrogen and oxygen atoms in total. The Bertz CT molecular complexity index is 673. The van der Waals surface area contributed by atoms with Gasteiger partial charge in [0.2, 0.25) is 0 Å². The Morgan fingerprint density at radius 3 is 2.45 bits per heavy atom. The summed E-state index contributed by atoms with van der Waals surface area (Å²) < 4.78 is 5.74. The summed E-state index contributed by atoms with van der Waals surface area (Å²) in [6, 6.07) is 15.7. The summed E-state index contributed by atoms with van der Waals surface area (Å²) in [6.07, 6.45) is 3.73. The molecule has 0 spiro atoms. The van der Waals surface area contributed by atoms with Crippen LogP contribution in [0.1, 0.15) is 11.1 Å². The molecular weight excluding hydrogens is 294 g/mol. The second-order valence-electron chi connectivity index (χ2n) is 4.63. The number of aliphatic imine (C=N–C) groups is 1. The van der Waals surface area contributed by atoms with Crippen molar-refractivity contribution < 1.29 is 4.74 Å². The molecule has 0 amide bonds. The first-order valence-electron chi connectivity index (χ1n) is 6.77. The van der Waals surface area contributed by atoms with Crippen LogP contribution in [0.4, 0.5) is 5.69 Å². The second kappa shape index (κ2) is 8.11. The Balaban J connectivity index is 1.97. The van der Waals surface area contributed by atoms with Gasteiger partial charge in [-0.3, -0.25) is 5.32 Å². The number of nitrogens with zero attached hydrogens (tertiary/aromatic N) is 2. The van der Waals surface area contributed by atoms with Crippen LogP contribution in [0.5, 0.6) is 5.75 Å². The third kappa shape index (κ3) is 4.83. The maximum absolute atomic E-state index is 8.61. The van der Waals surface area contributed by atoms with Crippen molar-refractivity contribution in [3.63, 3.8) is 0 Å². The molecule has 0 aliphatic heterocycles. The highest BCUT2D eigenvalue weighted by Gasteiger charge is 1.99. The number of nitrogens with one attached hydrogen (secondary N) is 1. The molecule has 0 saturated carbocycles. The summed E-state index contributed by atoms with van der Waals surface area (Å²) in [4.78, 5) is 4.33. The SMILES string of the molecule is CSC(=Nc1ccc(OCc2ccc(C)cc2)cc1)NC#N. The van der Waals surface area contributed by atoms with E-state index in [4.69, 9.17) is 10.00 Å². The maximum atomic E-state index is 8.61. The molecule has 0 aliphatic rings. The molecule has 0 saturated heterocycles. The van der Waals surface area contributed by atoms with Crippen molar-refractivity contribution in [3.05, 3.63) is 59.7 Å². The number of aryl methyl sites for hydroxylation is 1. The summed E-state index contributed by atoms with van der Waals surface area (Å²) in [7, 11) is 0. The number of ether oxygens (including phenoxy) is 1. The van der Waals surface area contributed by atoms with Crippen molar-refractivity contribution in [2.45, 2.75) is 13.5 Å². The van der Waals surface area contributed by atoms with Crippen LogP contribution in [0.25, 0.3) is 0 Å². The quantitative estimate of drug-likeness (QED) is 0.401. The molecule has 0 aliphatic carbocycles. The van der Waals surface area contributed by atoms with Crippen LogP contribution in [0.15, 0.2) is 53.5 Å². The monoisotopic (exact) mass is 311 g/mol. The minimum atomic E-state index is 0.537. The first-order valence-corrected chi connectivity index (χ1v) is 8.00. The Hall–Kier alpha value is -2.45. The van der Waals surface area contributed by atoms with Crippen LogP contribution in [-0.2, 0) is 6.61 Å². The molecule has 0 fully saturated rings. The van der Waals surface area contributed by atoms with Gasteiger partial charge in [-0.2, -0.15) is 5.26 Å². The van der Waals surface area contributed by atoms with Crippen molar-refractivity contribution in [2.24, 2.45) is 4.99 Å². The van der Waals surface area contributed by atoms with E-state index >= 15 is 0 Å². The van der Waals surface area contributed by atoms with Crippen LogP contribution in [-0.4, -0.2) is 11.4 Å². The highest BCUT2D eigenvalue weighted by Crippen LogP contribution is 2.20. The van der Waals surface area contributed by atoms with Crippen molar-refractivity contribution in [3.8, 4) is 11.9 Å². The van der Waals surface area contributed by atoms with Gasteiger partial charge < -0.3 is 4.74 Å². The average Bonchev–Trinajstić information content (AvgIpc) is 2.55. The smallest absolute Gasteiger partial charge is 0.183 e. The van der Waals surface area contributed by atoms with Crippen molar-refractivity contribution in [1.29, 1.82) is 5.26 Å². The van der Waals surface area contributed by atoms with Crippen LogP contribution < -0.4 is 10.1 Å². The lowest BCUT2D eigenvalue weighted by Crippen LogP contribution is -2.12. The molecule has 0 aromatic heterocycles. The average molecular weight is 311 g/mol. The molecule has 22 heavy (non-hydrogen) atoms. The Morgan fingerprint density at radius 2 is 1.86 bits per heavy atom. The predicted molar refractivity (Wildman–Crippen MR) is 91.3 cm³/mol. The fourth-order valence-electron chi connectivity index (χ4n) is 1.76. The maximum Gasteiger partial charge on any atom is 0.183 e. The molecular formula is C17H17N3OS. The zero-order valence-corrected chi connectivity index (χ0v) is 13.4. The number of rotatable bonds is 4. The highest BCUT2D eigenvalue weighted by molar-refractivity contribution is 8.13. The van der Waals surface area contributed by atoms with E-state index in [0.717, 1.165) is 17.0 Å². The molecule has 0 unspecified atom stereocenters. The second-order valence-corrected chi connectivity index (χ2v) is 5.42. The molecule has 5 heteroatoms. The van der Waals surface area contributed by atoms with Gasteiger partial charge in [-0.25, -0.2) is 4.99 Å². The van der Waals surface area contributed by atoms with E-state index in [1.807, 2.05) is 36.7 Å². The third-order valence-corrected chi connectivity index (χ3v) is 3.53. The van der Waals surface area contributed by atoms with Gasteiger partial charge in [0.15, 0.2) is 11.4 Å². The summed E-state index contributed by atoms with van der Waals surface area (Å²) in [5, 5.41) is 11.7.